The fourth-order valence-corrected chi connectivity index (χ4v) is 1.48. The molecule has 0 saturated heterocycles. The van der Waals surface area contributed by atoms with Crippen LogP contribution in [0.1, 0.15) is 46.0 Å². The van der Waals surface area contributed by atoms with Gasteiger partial charge >= 0.3 is 6.18 Å². The van der Waals surface area contributed by atoms with Gasteiger partial charge in [-0.25, -0.2) is 0 Å². The second kappa shape index (κ2) is 6.04. The van der Waals surface area contributed by atoms with E-state index < -0.39 is 18.5 Å². The van der Waals surface area contributed by atoms with Crippen LogP contribution in [0.5, 0.6) is 0 Å². The number of hydrogen-bond donors (Lipinski definition) is 0. The van der Waals surface area contributed by atoms with Gasteiger partial charge in [-0.15, -0.1) is 0 Å². The standard InChI is InChI=1S/C10H17F3O/c1-3-5-8(6-9(14)4-2)7-10(11,12)13/h8H,3-7H2,1-2H3. The molecule has 0 aromatic carbocycles. The van der Waals surface area contributed by atoms with Crippen LogP contribution in [0.15, 0.2) is 0 Å². The first kappa shape index (κ1) is 13.5. The Kier molecular flexibility index (Phi) is 5.81. The first-order valence-corrected chi connectivity index (χ1v) is 4.97. The Labute approximate surface area is 82.7 Å². The van der Waals surface area contributed by atoms with Crippen LogP contribution in [0, 0.1) is 5.92 Å². The minimum atomic E-state index is -4.14. The molecule has 0 saturated carbocycles. The van der Waals surface area contributed by atoms with Gasteiger partial charge in [0.25, 0.3) is 0 Å². The second-order valence-corrected chi connectivity index (χ2v) is 3.57. The molecule has 0 heterocycles. The lowest BCUT2D eigenvalue weighted by molar-refractivity contribution is -0.147. The molecule has 4 heteroatoms. The Morgan fingerprint density at radius 2 is 1.86 bits per heavy atom. The van der Waals surface area contributed by atoms with E-state index in [1.165, 1.54) is 0 Å². The van der Waals surface area contributed by atoms with Crippen LogP contribution in [0.3, 0.4) is 0 Å². The van der Waals surface area contributed by atoms with Crippen molar-refractivity contribution in [2.45, 2.75) is 52.1 Å². The van der Waals surface area contributed by atoms with Gasteiger partial charge in [0, 0.05) is 19.3 Å². The van der Waals surface area contributed by atoms with E-state index in [0.29, 0.717) is 19.3 Å². The number of Topliss-reactive ketones (excluding diaryl/α,β-unsaturated/α-hetero) is 1. The Balaban J connectivity index is 4.08. The van der Waals surface area contributed by atoms with Gasteiger partial charge in [0.05, 0.1) is 0 Å². The van der Waals surface area contributed by atoms with E-state index in [1.54, 1.807) is 6.92 Å². The van der Waals surface area contributed by atoms with Gasteiger partial charge < -0.3 is 0 Å². The third-order valence-electron chi connectivity index (χ3n) is 2.13. The largest absolute Gasteiger partial charge is 0.389 e. The molecular weight excluding hydrogens is 193 g/mol. The minimum Gasteiger partial charge on any atom is -0.300 e. The average molecular weight is 210 g/mol. The van der Waals surface area contributed by atoms with Crippen LogP contribution >= 0.6 is 0 Å². The summed E-state index contributed by atoms with van der Waals surface area (Å²) in [5, 5.41) is 0. The van der Waals surface area contributed by atoms with Crippen LogP contribution in [0.25, 0.3) is 0 Å². The molecule has 14 heavy (non-hydrogen) atoms. The van der Waals surface area contributed by atoms with E-state index in [2.05, 4.69) is 0 Å². The quantitative estimate of drug-likeness (QED) is 0.653. The third-order valence-corrected chi connectivity index (χ3v) is 2.13. The van der Waals surface area contributed by atoms with Gasteiger partial charge in [0.1, 0.15) is 5.78 Å². The highest BCUT2D eigenvalue weighted by atomic mass is 19.4. The zero-order chi connectivity index (χ0) is 11.2. The second-order valence-electron chi connectivity index (χ2n) is 3.57. The molecule has 0 fully saturated rings. The molecule has 0 bridgehead atoms. The van der Waals surface area contributed by atoms with Crippen LogP contribution in [-0.2, 0) is 4.79 Å². The van der Waals surface area contributed by atoms with Crippen molar-refractivity contribution in [2.24, 2.45) is 5.92 Å². The van der Waals surface area contributed by atoms with Crippen LogP contribution in [0.4, 0.5) is 13.2 Å². The van der Waals surface area contributed by atoms with Gasteiger partial charge in [-0.05, 0) is 12.3 Å². The zero-order valence-corrected chi connectivity index (χ0v) is 8.66. The summed E-state index contributed by atoms with van der Waals surface area (Å²) in [5.74, 6) is -0.597. The van der Waals surface area contributed by atoms with Crippen molar-refractivity contribution in [3.05, 3.63) is 0 Å². The van der Waals surface area contributed by atoms with E-state index in [1.807, 2.05) is 6.92 Å². The summed E-state index contributed by atoms with van der Waals surface area (Å²) in [4.78, 5) is 11.0. The monoisotopic (exact) mass is 210 g/mol. The average Bonchev–Trinajstić information content (AvgIpc) is 2.01. The van der Waals surface area contributed by atoms with Gasteiger partial charge in [-0.3, -0.25) is 4.79 Å². The normalized spacial score (nSPS) is 14.1. The molecule has 0 radical (unpaired) electrons. The Morgan fingerprint density at radius 1 is 1.29 bits per heavy atom. The Morgan fingerprint density at radius 3 is 2.21 bits per heavy atom. The van der Waals surface area contributed by atoms with Crippen molar-refractivity contribution in [3.8, 4) is 0 Å². The summed E-state index contributed by atoms with van der Waals surface area (Å²) in [5.41, 5.74) is 0. The van der Waals surface area contributed by atoms with E-state index in [0.717, 1.165) is 0 Å². The van der Waals surface area contributed by atoms with E-state index >= 15 is 0 Å². The summed E-state index contributed by atoms with van der Waals surface area (Å²) < 4.78 is 36.2. The lowest BCUT2D eigenvalue weighted by Gasteiger charge is -2.16. The highest BCUT2D eigenvalue weighted by Gasteiger charge is 2.31. The van der Waals surface area contributed by atoms with Crippen LogP contribution in [0.2, 0.25) is 0 Å². The number of ketones is 1. The van der Waals surface area contributed by atoms with Gasteiger partial charge in [0.15, 0.2) is 0 Å². The predicted molar refractivity (Wildman–Crippen MR) is 49.0 cm³/mol. The molecule has 1 atom stereocenters. The number of carbonyl (C=O) groups is 1. The Bertz CT molecular complexity index is 175. The van der Waals surface area contributed by atoms with E-state index in [-0.39, 0.29) is 12.2 Å². The molecule has 0 N–H and O–H groups in total. The summed E-state index contributed by atoms with van der Waals surface area (Å²) >= 11 is 0. The summed E-state index contributed by atoms with van der Waals surface area (Å²) in [6.45, 7) is 3.51. The molecule has 0 aromatic rings. The lowest BCUT2D eigenvalue weighted by atomic mass is 9.93. The van der Waals surface area contributed by atoms with Crippen molar-refractivity contribution in [2.75, 3.05) is 0 Å². The molecule has 1 unspecified atom stereocenters. The van der Waals surface area contributed by atoms with Gasteiger partial charge in [0.2, 0.25) is 0 Å². The molecule has 84 valence electrons. The van der Waals surface area contributed by atoms with E-state index in [4.69, 9.17) is 0 Å². The molecule has 0 aliphatic rings. The number of rotatable bonds is 6. The molecule has 0 amide bonds. The molecule has 0 spiro atoms. The zero-order valence-electron chi connectivity index (χ0n) is 8.66. The number of carbonyl (C=O) groups excluding carboxylic acids is 1. The predicted octanol–water partition coefficient (Wildman–Crippen LogP) is 3.72. The van der Waals surface area contributed by atoms with Crippen molar-refractivity contribution in [1.82, 2.24) is 0 Å². The van der Waals surface area contributed by atoms with Crippen molar-refractivity contribution >= 4 is 5.78 Å². The van der Waals surface area contributed by atoms with Crippen molar-refractivity contribution in [1.29, 1.82) is 0 Å². The third kappa shape index (κ3) is 6.92. The Hall–Kier alpha value is -0.540. The fourth-order valence-electron chi connectivity index (χ4n) is 1.48. The molecular formula is C10H17F3O. The fraction of sp³-hybridized carbons (Fsp3) is 0.900. The molecule has 1 nitrogen and oxygen atoms in total. The molecule has 0 aromatic heterocycles. The van der Waals surface area contributed by atoms with Crippen LogP contribution < -0.4 is 0 Å². The topological polar surface area (TPSA) is 17.1 Å². The van der Waals surface area contributed by atoms with E-state index in [9.17, 15) is 18.0 Å². The minimum absolute atomic E-state index is 0.0733. The number of alkyl halides is 3. The molecule has 0 aliphatic carbocycles. The maximum absolute atomic E-state index is 12.1. The van der Waals surface area contributed by atoms with Gasteiger partial charge in [-0.2, -0.15) is 13.2 Å². The SMILES string of the molecule is CCCC(CC(=O)CC)CC(F)(F)F. The summed E-state index contributed by atoms with van der Waals surface area (Å²) in [7, 11) is 0. The smallest absolute Gasteiger partial charge is 0.300 e. The first-order valence-electron chi connectivity index (χ1n) is 4.97. The van der Waals surface area contributed by atoms with Crippen molar-refractivity contribution < 1.29 is 18.0 Å². The molecule has 0 rings (SSSR count). The summed E-state index contributed by atoms with van der Waals surface area (Å²) in [6, 6.07) is 0. The number of hydrogen-bond acceptors (Lipinski definition) is 1. The van der Waals surface area contributed by atoms with Gasteiger partial charge in [-0.1, -0.05) is 20.3 Å². The maximum Gasteiger partial charge on any atom is 0.389 e. The maximum atomic E-state index is 12.1. The van der Waals surface area contributed by atoms with Crippen LogP contribution in [-0.4, -0.2) is 12.0 Å². The van der Waals surface area contributed by atoms with Crippen molar-refractivity contribution in [3.63, 3.8) is 0 Å². The lowest BCUT2D eigenvalue weighted by Crippen LogP contribution is -2.17. The summed E-state index contributed by atoms with van der Waals surface area (Å²) in [6.07, 6.45) is -3.40. The first-order chi connectivity index (χ1) is 6.39. The molecule has 0 aliphatic heterocycles. The number of halogens is 3. The highest BCUT2D eigenvalue weighted by molar-refractivity contribution is 5.78. The highest BCUT2D eigenvalue weighted by Crippen LogP contribution is 2.29.